The Balaban J connectivity index is 2.10. The molecular weight excluding hydrogens is 251 g/mol. The first-order chi connectivity index (χ1) is 8.99. The highest BCUT2D eigenvalue weighted by molar-refractivity contribution is 5.94. The zero-order chi connectivity index (χ0) is 13.7. The normalized spacial score (nSPS) is 32.5. The van der Waals surface area contributed by atoms with Gasteiger partial charge in [-0.15, -0.1) is 0 Å². The van der Waals surface area contributed by atoms with Crippen molar-refractivity contribution in [3.63, 3.8) is 0 Å². The van der Waals surface area contributed by atoms with E-state index in [1.165, 1.54) is 30.0 Å². The monoisotopic (exact) mass is 266 g/mol. The molecule has 5 nitrogen and oxygen atoms in total. The maximum absolute atomic E-state index is 13.3. The summed E-state index contributed by atoms with van der Waals surface area (Å²) in [5, 5.41) is 10.1. The zero-order valence-electron chi connectivity index (χ0n) is 10.4. The summed E-state index contributed by atoms with van der Waals surface area (Å²) in [6, 6.07) is 3.04. The second kappa shape index (κ2) is 4.18. The van der Waals surface area contributed by atoms with E-state index in [4.69, 9.17) is 10.5 Å². The Kier molecular flexibility index (Phi) is 2.72. The largest absolute Gasteiger partial charge is 0.486 e. The molecule has 1 aromatic carbocycles. The van der Waals surface area contributed by atoms with E-state index >= 15 is 0 Å². The summed E-state index contributed by atoms with van der Waals surface area (Å²) in [5.74, 6) is -0.333. The molecule has 3 rings (SSSR count). The van der Waals surface area contributed by atoms with Gasteiger partial charge < -0.3 is 15.6 Å². The van der Waals surface area contributed by atoms with E-state index in [0.29, 0.717) is 17.9 Å². The number of hydrogen-bond donors (Lipinski definition) is 2. The highest BCUT2D eigenvalue weighted by Gasteiger charge is 2.50. The predicted molar refractivity (Wildman–Crippen MR) is 66.4 cm³/mol. The Hall–Kier alpha value is -1.66. The number of amides is 1. The highest BCUT2D eigenvalue weighted by atomic mass is 19.1. The van der Waals surface area contributed by atoms with Crippen molar-refractivity contribution in [1.29, 1.82) is 0 Å². The lowest BCUT2D eigenvalue weighted by molar-refractivity contribution is -0.118. The van der Waals surface area contributed by atoms with Gasteiger partial charge in [-0.05, 0) is 12.1 Å². The number of hydrogen-bond acceptors (Lipinski definition) is 4. The third-order valence-electron chi connectivity index (χ3n) is 3.77. The highest BCUT2D eigenvalue weighted by Crippen LogP contribution is 2.41. The lowest BCUT2D eigenvalue weighted by atomic mass is 10.1. The van der Waals surface area contributed by atoms with E-state index in [9.17, 15) is 14.3 Å². The van der Waals surface area contributed by atoms with Gasteiger partial charge in [0.2, 0.25) is 5.91 Å². The first-order valence-corrected chi connectivity index (χ1v) is 6.18. The fraction of sp³-hybridized carbons (Fsp3) is 0.462. The van der Waals surface area contributed by atoms with Crippen LogP contribution in [0.1, 0.15) is 13.3 Å². The minimum Gasteiger partial charge on any atom is -0.486 e. The number of carbonyl (C=O) groups is 1. The predicted octanol–water partition coefficient (Wildman–Crippen LogP) is 0.400. The van der Waals surface area contributed by atoms with Crippen LogP contribution in [0.5, 0.6) is 5.75 Å². The van der Waals surface area contributed by atoms with E-state index < -0.39 is 30.1 Å². The van der Waals surface area contributed by atoms with Crippen molar-refractivity contribution in [2.75, 3.05) is 4.90 Å². The molecule has 0 radical (unpaired) electrons. The number of nitrogens with zero attached hydrogens (tertiary/aromatic N) is 1. The number of anilines is 1. The van der Waals surface area contributed by atoms with Gasteiger partial charge >= 0.3 is 0 Å². The van der Waals surface area contributed by atoms with Gasteiger partial charge in [0.15, 0.2) is 0 Å². The van der Waals surface area contributed by atoms with Gasteiger partial charge in [-0.25, -0.2) is 4.39 Å². The minimum atomic E-state index is -0.841. The lowest BCUT2D eigenvalue weighted by Crippen LogP contribution is -2.54. The van der Waals surface area contributed by atoms with Gasteiger partial charge in [0.1, 0.15) is 23.7 Å². The van der Waals surface area contributed by atoms with Crippen LogP contribution in [0, 0.1) is 5.82 Å². The van der Waals surface area contributed by atoms with Gasteiger partial charge in [0.05, 0.1) is 11.8 Å². The van der Waals surface area contributed by atoms with Gasteiger partial charge in [0.25, 0.3) is 0 Å². The Labute approximate surface area is 109 Å². The Bertz CT molecular complexity index is 537. The zero-order valence-corrected chi connectivity index (χ0v) is 10.4. The number of aliphatic hydroxyl groups excluding tert-OH is 1. The summed E-state index contributed by atoms with van der Waals surface area (Å²) < 4.78 is 18.9. The maximum Gasteiger partial charge on any atom is 0.224 e. The molecule has 2 aliphatic rings. The van der Waals surface area contributed by atoms with Crippen LogP contribution in [-0.4, -0.2) is 35.3 Å². The molecule has 1 aliphatic heterocycles. The molecule has 0 spiro atoms. The van der Waals surface area contributed by atoms with Crippen LogP contribution in [0.25, 0.3) is 0 Å². The summed E-state index contributed by atoms with van der Waals surface area (Å²) in [5.41, 5.74) is 6.30. The number of rotatable bonds is 0. The second-order valence-corrected chi connectivity index (χ2v) is 5.04. The van der Waals surface area contributed by atoms with Gasteiger partial charge in [-0.2, -0.15) is 0 Å². The van der Waals surface area contributed by atoms with Crippen LogP contribution in [0.3, 0.4) is 0 Å². The summed E-state index contributed by atoms with van der Waals surface area (Å²) in [6.07, 6.45) is -0.804. The first-order valence-electron chi connectivity index (χ1n) is 6.18. The second-order valence-electron chi connectivity index (χ2n) is 5.04. The number of halogens is 1. The molecule has 1 fully saturated rings. The molecule has 0 aromatic heterocycles. The molecule has 1 aliphatic carbocycles. The lowest BCUT2D eigenvalue weighted by Gasteiger charge is -2.39. The third kappa shape index (κ3) is 1.79. The van der Waals surface area contributed by atoms with Gasteiger partial charge in [-0.1, -0.05) is 0 Å². The van der Waals surface area contributed by atoms with E-state index in [2.05, 4.69) is 0 Å². The van der Waals surface area contributed by atoms with E-state index in [1.807, 2.05) is 0 Å². The maximum atomic E-state index is 13.3. The fourth-order valence-corrected chi connectivity index (χ4v) is 2.94. The Morgan fingerprint density at radius 1 is 1.58 bits per heavy atom. The number of nitrogens with two attached hydrogens (primary N) is 1. The van der Waals surface area contributed by atoms with Crippen molar-refractivity contribution in [2.45, 2.75) is 37.6 Å². The van der Waals surface area contributed by atoms with E-state index in [0.717, 1.165) is 0 Å². The van der Waals surface area contributed by atoms with Gasteiger partial charge in [-0.3, -0.25) is 9.69 Å². The van der Waals surface area contributed by atoms with Crippen molar-refractivity contribution in [1.82, 2.24) is 0 Å². The third-order valence-corrected chi connectivity index (χ3v) is 3.77. The van der Waals surface area contributed by atoms with Crippen LogP contribution in [0.4, 0.5) is 10.1 Å². The molecule has 1 heterocycles. The van der Waals surface area contributed by atoms with E-state index in [-0.39, 0.29) is 5.91 Å². The Morgan fingerprint density at radius 3 is 3.00 bits per heavy atom. The molecule has 102 valence electrons. The summed E-state index contributed by atoms with van der Waals surface area (Å²) in [4.78, 5) is 13.3. The van der Waals surface area contributed by atoms with Crippen molar-refractivity contribution in [3.8, 4) is 5.75 Å². The standard InChI is InChI=1S/C13H15FN2O3/c1-6(17)16-9-3-2-7(14)4-10(9)19-11-5-8(15)13(18)12(11)16/h2-4,8,11-13,18H,5,15H2,1H3/t8-,11-,12-,13-/m1/s1. The molecule has 4 atom stereocenters. The molecule has 3 N–H and O–H groups in total. The topological polar surface area (TPSA) is 75.8 Å². The van der Waals surface area contributed by atoms with Crippen LogP contribution in [-0.2, 0) is 4.79 Å². The number of carbonyl (C=O) groups excluding carboxylic acids is 1. The number of fused-ring (bicyclic) bond motifs is 2. The molecule has 0 bridgehead atoms. The quantitative estimate of drug-likeness (QED) is 0.712. The van der Waals surface area contributed by atoms with Crippen LogP contribution in [0.15, 0.2) is 18.2 Å². The number of aliphatic hydroxyl groups is 1. The van der Waals surface area contributed by atoms with Crippen molar-refractivity contribution < 1.29 is 19.0 Å². The smallest absolute Gasteiger partial charge is 0.224 e. The summed E-state index contributed by atoms with van der Waals surface area (Å²) >= 11 is 0. The molecule has 1 saturated carbocycles. The SMILES string of the molecule is CC(=O)N1c2ccc(F)cc2O[C@@H]2C[C@@H](N)[C@@H](O)[C@@H]21. The van der Waals surface area contributed by atoms with E-state index in [1.54, 1.807) is 0 Å². The van der Waals surface area contributed by atoms with Crippen LogP contribution < -0.4 is 15.4 Å². The van der Waals surface area contributed by atoms with Gasteiger partial charge in [0, 0.05) is 25.5 Å². The molecule has 0 unspecified atom stereocenters. The molecule has 19 heavy (non-hydrogen) atoms. The molecule has 6 heteroatoms. The number of benzene rings is 1. The summed E-state index contributed by atoms with van der Waals surface area (Å²) in [7, 11) is 0. The average molecular weight is 266 g/mol. The summed E-state index contributed by atoms with van der Waals surface area (Å²) in [6.45, 7) is 1.41. The van der Waals surface area contributed by atoms with Crippen molar-refractivity contribution in [2.24, 2.45) is 5.73 Å². The van der Waals surface area contributed by atoms with Crippen molar-refractivity contribution in [3.05, 3.63) is 24.0 Å². The molecule has 1 amide bonds. The average Bonchev–Trinajstić information content (AvgIpc) is 2.61. The van der Waals surface area contributed by atoms with Crippen LogP contribution >= 0.6 is 0 Å². The molecule has 0 saturated heterocycles. The Morgan fingerprint density at radius 2 is 2.32 bits per heavy atom. The molecular formula is C13H15FN2O3. The first kappa shape index (κ1) is 12.4. The minimum absolute atomic E-state index is 0.223. The fourth-order valence-electron chi connectivity index (χ4n) is 2.94. The molecule has 1 aromatic rings. The van der Waals surface area contributed by atoms with Crippen molar-refractivity contribution >= 4 is 11.6 Å². The van der Waals surface area contributed by atoms with Crippen LogP contribution in [0.2, 0.25) is 0 Å². The number of ether oxygens (including phenoxy) is 1.